The lowest BCUT2D eigenvalue weighted by Gasteiger charge is -2.43. The van der Waals surface area contributed by atoms with E-state index in [2.05, 4.69) is 56.8 Å². The molecule has 0 aliphatic carbocycles. The summed E-state index contributed by atoms with van der Waals surface area (Å²) in [5.74, 6) is 0.353. The van der Waals surface area contributed by atoms with Gasteiger partial charge in [0.15, 0.2) is 17.3 Å². The number of hydrogen-bond donors (Lipinski definition) is 1. The molecule has 4 aromatic rings. The van der Waals surface area contributed by atoms with Crippen LogP contribution in [0.15, 0.2) is 24.8 Å². The molecule has 0 unspecified atom stereocenters. The molecule has 2 saturated heterocycles. The van der Waals surface area contributed by atoms with E-state index in [4.69, 9.17) is 4.74 Å². The molecule has 6 rings (SSSR count). The fraction of sp³-hybridized carbons (Fsp3) is 0.500. The van der Waals surface area contributed by atoms with E-state index in [-0.39, 0.29) is 11.7 Å². The number of anilines is 1. The number of halogens is 1. The topological polar surface area (TPSA) is 74.6 Å². The molecule has 6 heterocycles. The van der Waals surface area contributed by atoms with Gasteiger partial charge in [0.05, 0.1) is 36.7 Å². The molecule has 4 aromatic heterocycles. The third-order valence-electron chi connectivity index (χ3n) is 7.76. The smallest absolute Gasteiger partial charge is 0.175 e. The second kappa shape index (κ2) is 8.57. The van der Waals surface area contributed by atoms with Gasteiger partial charge in [-0.2, -0.15) is 5.10 Å². The number of rotatable bonds is 5. The van der Waals surface area contributed by atoms with Crippen LogP contribution in [0.5, 0.6) is 0 Å². The minimum atomic E-state index is -0.230. The summed E-state index contributed by atoms with van der Waals surface area (Å²) in [6.45, 7) is 9.48. The van der Waals surface area contributed by atoms with Crippen molar-refractivity contribution in [2.45, 2.75) is 51.6 Å². The average Bonchev–Trinajstić information content (AvgIpc) is 3.44. The Morgan fingerprint density at radius 2 is 1.94 bits per heavy atom. The summed E-state index contributed by atoms with van der Waals surface area (Å²) in [7, 11) is 2.19. The van der Waals surface area contributed by atoms with E-state index in [1.165, 1.54) is 0 Å². The molecule has 0 atom stereocenters. The lowest BCUT2D eigenvalue weighted by atomic mass is 9.96. The molecule has 0 amide bonds. The third kappa shape index (κ3) is 3.68. The standard InChI is InChI=1S/C26H32FN7O/c1-15(2)21-22-20(31-24(21)17-9-16(3)25-29-14-30-34(25)11-17)10-28-26(23(22)27)33-7-5-18(6-8-33)32(4)19-12-35-13-19/h9-11,14-15,18-19,31H,5-8,12-13H2,1-4H3. The molecule has 0 aromatic carbocycles. The molecule has 0 radical (unpaired) electrons. The van der Waals surface area contributed by atoms with Crippen LogP contribution in [0.4, 0.5) is 10.2 Å². The van der Waals surface area contributed by atoms with E-state index < -0.39 is 0 Å². The van der Waals surface area contributed by atoms with E-state index in [0.717, 1.165) is 72.7 Å². The first-order valence-electron chi connectivity index (χ1n) is 12.5. The van der Waals surface area contributed by atoms with Crippen LogP contribution in [0.2, 0.25) is 0 Å². The summed E-state index contributed by atoms with van der Waals surface area (Å²) >= 11 is 0. The normalized spacial score (nSPS) is 17.9. The number of H-pyrrole nitrogens is 1. The Balaban J connectivity index is 1.36. The summed E-state index contributed by atoms with van der Waals surface area (Å²) in [5, 5.41) is 4.95. The molecular weight excluding hydrogens is 445 g/mol. The second-order valence-electron chi connectivity index (χ2n) is 10.3. The lowest BCUT2D eigenvalue weighted by Crippen LogP contribution is -2.54. The zero-order valence-electron chi connectivity index (χ0n) is 20.8. The molecular formula is C26H32FN7O. The first kappa shape index (κ1) is 22.4. The largest absolute Gasteiger partial charge is 0.378 e. The van der Waals surface area contributed by atoms with Crippen LogP contribution in [0.1, 0.15) is 43.7 Å². The van der Waals surface area contributed by atoms with Crippen molar-refractivity contribution in [3.05, 3.63) is 41.7 Å². The number of ether oxygens (including phenoxy) is 1. The van der Waals surface area contributed by atoms with Gasteiger partial charge < -0.3 is 14.6 Å². The van der Waals surface area contributed by atoms with E-state index in [1.54, 1.807) is 17.0 Å². The molecule has 2 aliphatic rings. The third-order valence-corrected chi connectivity index (χ3v) is 7.76. The van der Waals surface area contributed by atoms with Crippen molar-refractivity contribution in [3.8, 4) is 11.3 Å². The Morgan fingerprint density at radius 3 is 2.63 bits per heavy atom. The van der Waals surface area contributed by atoms with Crippen LogP contribution in [0.3, 0.4) is 0 Å². The summed E-state index contributed by atoms with van der Waals surface area (Å²) in [6.07, 6.45) is 7.29. The fourth-order valence-corrected chi connectivity index (χ4v) is 5.66. The average molecular weight is 478 g/mol. The highest BCUT2D eigenvalue weighted by Crippen LogP contribution is 2.39. The van der Waals surface area contributed by atoms with Crippen molar-refractivity contribution < 1.29 is 9.13 Å². The van der Waals surface area contributed by atoms with E-state index >= 15 is 4.39 Å². The van der Waals surface area contributed by atoms with Gasteiger partial charge in [-0.25, -0.2) is 18.9 Å². The van der Waals surface area contributed by atoms with Crippen LogP contribution >= 0.6 is 0 Å². The lowest BCUT2D eigenvalue weighted by molar-refractivity contribution is -0.0718. The Kier molecular flexibility index (Phi) is 5.49. The van der Waals surface area contributed by atoms with Crippen molar-refractivity contribution >= 4 is 22.4 Å². The number of piperidine rings is 1. The monoisotopic (exact) mass is 477 g/mol. The Bertz CT molecular complexity index is 1380. The van der Waals surface area contributed by atoms with E-state index in [9.17, 15) is 0 Å². The summed E-state index contributed by atoms with van der Waals surface area (Å²) in [5.41, 5.74) is 5.42. The van der Waals surface area contributed by atoms with Gasteiger partial charge in [0.2, 0.25) is 0 Å². The van der Waals surface area contributed by atoms with Crippen molar-refractivity contribution in [1.82, 2.24) is 29.5 Å². The van der Waals surface area contributed by atoms with Crippen LogP contribution < -0.4 is 4.90 Å². The van der Waals surface area contributed by atoms with Gasteiger partial charge in [-0.1, -0.05) is 13.8 Å². The van der Waals surface area contributed by atoms with Crippen LogP contribution in [-0.2, 0) is 4.74 Å². The van der Waals surface area contributed by atoms with E-state index in [1.807, 2.05) is 13.1 Å². The number of aryl methyl sites for hydroxylation is 1. The Labute approximate surface area is 204 Å². The number of hydrogen-bond acceptors (Lipinski definition) is 6. The second-order valence-corrected chi connectivity index (χ2v) is 10.3. The molecule has 184 valence electrons. The molecule has 0 saturated carbocycles. The number of fused-ring (bicyclic) bond motifs is 2. The highest BCUT2D eigenvalue weighted by Gasteiger charge is 2.32. The van der Waals surface area contributed by atoms with Crippen molar-refractivity contribution in [1.29, 1.82) is 0 Å². The first-order valence-corrected chi connectivity index (χ1v) is 12.5. The molecule has 1 N–H and O–H groups in total. The van der Waals surface area contributed by atoms with Gasteiger partial charge in [-0.15, -0.1) is 0 Å². The van der Waals surface area contributed by atoms with Gasteiger partial charge in [0, 0.05) is 36.3 Å². The highest BCUT2D eigenvalue weighted by atomic mass is 19.1. The van der Waals surface area contributed by atoms with Gasteiger partial charge in [0.25, 0.3) is 0 Å². The van der Waals surface area contributed by atoms with Gasteiger partial charge in [-0.3, -0.25) is 4.90 Å². The predicted octanol–water partition coefficient (Wildman–Crippen LogP) is 4.14. The summed E-state index contributed by atoms with van der Waals surface area (Å²) < 4.78 is 23.3. The molecule has 9 heteroatoms. The minimum Gasteiger partial charge on any atom is -0.378 e. The highest BCUT2D eigenvalue weighted by molar-refractivity contribution is 5.93. The number of aromatic amines is 1. The number of nitrogens with zero attached hydrogens (tertiary/aromatic N) is 6. The first-order chi connectivity index (χ1) is 16.9. The minimum absolute atomic E-state index is 0.124. The molecule has 2 fully saturated rings. The van der Waals surface area contributed by atoms with Crippen molar-refractivity contribution in [3.63, 3.8) is 0 Å². The number of pyridine rings is 2. The van der Waals surface area contributed by atoms with Gasteiger partial charge >= 0.3 is 0 Å². The predicted molar refractivity (Wildman–Crippen MR) is 134 cm³/mol. The Morgan fingerprint density at radius 1 is 1.17 bits per heavy atom. The zero-order chi connectivity index (χ0) is 24.3. The number of likely N-dealkylation sites (N-methyl/N-ethyl adjacent to an activating group) is 1. The quantitative estimate of drug-likeness (QED) is 0.466. The van der Waals surface area contributed by atoms with Gasteiger partial charge in [0.1, 0.15) is 6.33 Å². The SMILES string of the molecule is Cc1cc(-c2[nH]c3cnc(N4CCC(N(C)C5COC5)CC4)c(F)c3c2C(C)C)cn2ncnc12. The van der Waals surface area contributed by atoms with Gasteiger partial charge in [-0.05, 0) is 49.9 Å². The van der Waals surface area contributed by atoms with Crippen molar-refractivity contribution in [2.75, 3.05) is 38.3 Å². The Hall–Kier alpha value is -3.04. The number of nitrogens with one attached hydrogen (secondary N) is 1. The van der Waals surface area contributed by atoms with Crippen molar-refractivity contribution in [2.24, 2.45) is 0 Å². The molecule has 35 heavy (non-hydrogen) atoms. The van der Waals surface area contributed by atoms with E-state index in [0.29, 0.717) is 23.3 Å². The maximum Gasteiger partial charge on any atom is 0.175 e. The molecule has 2 aliphatic heterocycles. The maximum atomic E-state index is 16.2. The molecule has 8 nitrogen and oxygen atoms in total. The summed E-state index contributed by atoms with van der Waals surface area (Å²) in [4.78, 5) is 16.9. The fourth-order valence-electron chi connectivity index (χ4n) is 5.66. The molecule has 0 bridgehead atoms. The molecule has 0 spiro atoms. The van der Waals surface area contributed by atoms with Crippen LogP contribution in [-0.4, -0.2) is 74.9 Å². The van der Waals surface area contributed by atoms with Crippen LogP contribution in [0.25, 0.3) is 27.8 Å². The summed E-state index contributed by atoms with van der Waals surface area (Å²) in [6, 6.07) is 3.11. The van der Waals surface area contributed by atoms with Crippen LogP contribution in [0, 0.1) is 12.7 Å². The zero-order valence-corrected chi connectivity index (χ0v) is 20.8. The number of aromatic nitrogens is 5. The maximum absolute atomic E-state index is 16.2.